The van der Waals surface area contributed by atoms with Crippen molar-refractivity contribution in [3.05, 3.63) is 100 Å². The minimum Gasteiger partial charge on any atom is -0.497 e. The molecule has 0 spiro atoms. The summed E-state index contributed by atoms with van der Waals surface area (Å²) in [5.74, 6) is -0.00364. The Hall–Kier alpha value is -4.02. The van der Waals surface area contributed by atoms with E-state index in [1.54, 1.807) is 13.2 Å². The van der Waals surface area contributed by atoms with Crippen molar-refractivity contribution in [1.82, 2.24) is 0 Å². The quantitative estimate of drug-likeness (QED) is 0.376. The van der Waals surface area contributed by atoms with Crippen LogP contribution in [0.3, 0.4) is 0 Å². The van der Waals surface area contributed by atoms with Gasteiger partial charge in [0.1, 0.15) is 22.4 Å². The molecule has 0 bridgehead atoms. The Balaban J connectivity index is 1.75. The lowest BCUT2D eigenvalue weighted by Crippen LogP contribution is -2.31. The third-order valence-electron chi connectivity index (χ3n) is 5.81. The zero-order valence-corrected chi connectivity index (χ0v) is 20.6. The standard InChI is InChI=1S/C28H25N3O3S/c1-18-9-4-6-13-23(18)30-26(32)22(17-29)28-31(24-14-7-5-10-19(24)2)27(33)25(35-28)16-20-11-8-12-21(15-20)34-3/h4-15,25H,16H2,1-3H3,(H,30,32). The second-order valence-electron chi connectivity index (χ2n) is 8.18. The third-order valence-corrected chi connectivity index (χ3v) is 7.07. The molecule has 1 saturated heterocycles. The largest absolute Gasteiger partial charge is 0.497 e. The van der Waals surface area contributed by atoms with E-state index in [2.05, 4.69) is 11.4 Å². The number of ether oxygens (including phenoxy) is 1. The number of nitriles is 1. The predicted molar refractivity (Wildman–Crippen MR) is 139 cm³/mol. The van der Waals surface area contributed by atoms with Crippen molar-refractivity contribution < 1.29 is 14.3 Å². The summed E-state index contributed by atoms with van der Waals surface area (Å²) >= 11 is 1.25. The van der Waals surface area contributed by atoms with E-state index in [0.717, 1.165) is 16.7 Å². The summed E-state index contributed by atoms with van der Waals surface area (Å²) in [4.78, 5) is 28.4. The van der Waals surface area contributed by atoms with E-state index in [4.69, 9.17) is 4.74 Å². The van der Waals surface area contributed by atoms with Crippen LogP contribution in [-0.4, -0.2) is 24.2 Å². The fourth-order valence-corrected chi connectivity index (χ4v) is 5.23. The van der Waals surface area contributed by atoms with Crippen LogP contribution in [0, 0.1) is 25.2 Å². The van der Waals surface area contributed by atoms with Crippen molar-refractivity contribution in [3.8, 4) is 11.8 Å². The Morgan fingerprint density at radius 2 is 1.77 bits per heavy atom. The number of benzene rings is 3. The first-order valence-electron chi connectivity index (χ1n) is 11.1. The number of carbonyl (C=O) groups is 2. The summed E-state index contributed by atoms with van der Waals surface area (Å²) in [6.07, 6.45) is 0.435. The van der Waals surface area contributed by atoms with Crippen LogP contribution in [0.15, 0.2) is 83.4 Å². The highest BCUT2D eigenvalue weighted by atomic mass is 32.2. The highest BCUT2D eigenvalue weighted by Gasteiger charge is 2.41. The molecule has 0 aliphatic carbocycles. The second-order valence-corrected chi connectivity index (χ2v) is 9.37. The molecule has 1 aliphatic heterocycles. The van der Waals surface area contributed by atoms with Crippen LogP contribution in [0.5, 0.6) is 5.75 Å². The summed E-state index contributed by atoms with van der Waals surface area (Å²) in [5, 5.41) is 12.7. The summed E-state index contributed by atoms with van der Waals surface area (Å²) in [6.45, 7) is 3.78. The van der Waals surface area contributed by atoms with Crippen molar-refractivity contribution in [2.24, 2.45) is 0 Å². The highest BCUT2D eigenvalue weighted by molar-refractivity contribution is 8.05. The average molecular weight is 484 g/mol. The van der Waals surface area contributed by atoms with Crippen LogP contribution in [0.25, 0.3) is 0 Å². The number of carbonyl (C=O) groups excluding carboxylic acids is 2. The molecule has 3 aromatic carbocycles. The van der Waals surface area contributed by atoms with Gasteiger partial charge in [0, 0.05) is 5.69 Å². The van der Waals surface area contributed by atoms with E-state index in [1.807, 2.05) is 80.6 Å². The van der Waals surface area contributed by atoms with Gasteiger partial charge in [0.25, 0.3) is 5.91 Å². The molecular formula is C28H25N3O3S. The van der Waals surface area contributed by atoms with Crippen LogP contribution in [0.4, 0.5) is 11.4 Å². The maximum absolute atomic E-state index is 13.7. The Morgan fingerprint density at radius 3 is 2.46 bits per heavy atom. The molecule has 1 heterocycles. The van der Waals surface area contributed by atoms with E-state index in [1.165, 1.54) is 16.7 Å². The maximum Gasteiger partial charge on any atom is 0.269 e. The Bertz CT molecular complexity index is 1360. The Kier molecular flexibility index (Phi) is 7.23. The van der Waals surface area contributed by atoms with Crippen LogP contribution in [-0.2, 0) is 16.0 Å². The summed E-state index contributed by atoms with van der Waals surface area (Å²) in [6, 6.07) is 24.4. The number of methoxy groups -OCH3 is 1. The number of nitrogens with zero attached hydrogens (tertiary/aromatic N) is 2. The van der Waals surface area contributed by atoms with Gasteiger partial charge in [-0.15, -0.1) is 0 Å². The number of hydrogen-bond acceptors (Lipinski definition) is 5. The van der Waals surface area contributed by atoms with Crippen molar-refractivity contribution in [1.29, 1.82) is 5.26 Å². The smallest absolute Gasteiger partial charge is 0.269 e. The molecule has 4 rings (SSSR count). The molecule has 6 nitrogen and oxygen atoms in total. The lowest BCUT2D eigenvalue weighted by atomic mass is 10.1. The highest BCUT2D eigenvalue weighted by Crippen LogP contribution is 2.43. The molecule has 7 heteroatoms. The van der Waals surface area contributed by atoms with Gasteiger partial charge in [-0.05, 0) is 61.2 Å². The van der Waals surface area contributed by atoms with Crippen LogP contribution >= 0.6 is 11.8 Å². The first-order chi connectivity index (χ1) is 16.9. The minimum atomic E-state index is -0.544. The molecule has 2 amide bonds. The number of thioether (sulfide) groups is 1. The fraction of sp³-hybridized carbons (Fsp3) is 0.179. The molecule has 1 aliphatic rings. The maximum atomic E-state index is 13.7. The number of rotatable bonds is 6. The zero-order chi connectivity index (χ0) is 24.9. The number of nitrogens with one attached hydrogen (secondary N) is 1. The molecule has 176 valence electrons. The van der Waals surface area contributed by atoms with Crippen molar-refractivity contribution in [3.63, 3.8) is 0 Å². The number of aryl methyl sites for hydroxylation is 2. The first kappa shape index (κ1) is 24.1. The van der Waals surface area contributed by atoms with Gasteiger partial charge >= 0.3 is 0 Å². The summed E-state index contributed by atoms with van der Waals surface area (Å²) in [5.41, 5.74) is 3.87. The van der Waals surface area contributed by atoms with Gasteiger partial charge in [-0.2, -0.15) is 5.26 Å². The normalized spacial score (nSPS) is 16.6. The molecule has 1 fully saturated rings. The Morgan fingerprint density at radius 1 is 1.06 bits per heavy atom. The van der Waals surface area contributed by atoms with Crippen LogP contribution in [0.2, 0.25) is 0 Å². The molecule has 1 atom stereocenters. The molecule has 0 radical (unpaired) electrons. The predicted octanol–water partition coefficient (Wildman–Crippen LogP) is 5.38. The molecule has 35 heavy (non-hydrogen) atoms. The monoisotopic (exact) mass is 483 g/mol. The lowest BCUT2D eigenvalue weighted by molar-refractivity contribution is -0.117. The summed E-state index contributed by atoms with van der Waals surface area (Å²) in [7, 11) is 1.60. The average Bonchev–Trinajstić information content (AvgIpc) is 3.16. The molecule has 3 aromatic rings. The van der Waals surface area contributed by atoms with Gasteiger partial charge in [-0.25, -0.2) is 0 Å². The van der Waals surface area contributed by atoms with Gasteiger partial charge < -0.3 is 10.1 Å². The lowest BCUT2D eigenvalue weighted by Gasteiger charge is -2.20. The number of anilines is 2. The fourth-order valence-electron chi connectivity index (χ4n) is 3.93. The van der Waals surface area contributed by atoms with Gasteiger partial charge in [-0.1, -0.05) is 60.3 Å². The molecule has 1 unspecified atom stereocenters. The van der Waals surface area contributed by atoms with Crippen molar-refractivity contribution in [2.75, 3.05) is 17.3 Å². The van der Waals surface area contributed by atoms with Gasteiger partial charge in [0.05, 0.1) is 18.0 Å². The topological polar surface area (TPSA) is 82.4 Å². The molecule has 0 aromatic heterocycles. The Labute approximate surface area is 209 Å². The van der Waals surface area contributed by atoms with E-state index < -0.39 is 11.2 Å². The van der Waals surface area contributed by atoms with E-state index in [9.17, 15) is 14.9 Å². The molecule has 1 N–H and O–H groups in total. The van der Waals surface area contributed by atoms with Crippen LogP contribution < -0.4 is 15.0 Å². The van der Waals surface area contributed by atoms with E-state index in [-0.39, 0.29) is 11.5 Å². The van der Waals surface area contributed by atoms with Crippen LogP contribution in [0.1, 0.15) is 16.7 Å². The van der Waals surface area contributed by atoms with Gasteiger partial charge in [-0.3, -0.25) is 14.5 Å². The van der Waals surface area contributed by atoms with Crippen molar-refractivity contribution >= 4 is 35.0 Å². The first-order valence-corrected chi connectivity index (χ1v) is 12.0. The van der Waals surface area contributed by atoms with E-state index >= 15 is 0 Å². The number of hydrogen-bond donors (Lipinski definition) is 1. The van der Waals surface area contributed by atoms with Crippen molar-refractivity contribution in [2.45, 2.75) is 25.5 Å². The second kappa shape index (κ2) is 10.5. The third kappa shape index (κ3) is 5.08. The van der Waals surface area contributed by atoms with Gasteiger partial charge in [0.2, 0.25) is 5.91 Å². The zero-order valence-electron chi connectivity index (χ0n) is 19.7. The van der Waals surface area contributed by atoms with E-state index in [0.29, 0.717) is 28.6 Å². The van der Waals surface area contributed by atoms with Gasteiger partial charge in [0.15, 0.2) is 0 Å². The molecule has 0 saturated carbocycles. The number of amides is 2. The summed E-state index contributed by atoms with van der Waals surface area (Å²) < 4.78 is 5.32. The minimum absolute atomic E-state index is 0.0944. The molecular weight excluding hydrogens is 458 g/mol. The number of para-hydroxylation sites is 2. The SMILES string of the molecule is COc1cccc(CC2SC(=C(C#N)C(=O)Nc3ccccc3C)N(c3ccccc3C)C2=O)c1.